The van der Waals surface area contributed by atoms with E-state index in [1.165, 1.54) is 0 Å². The fraction of sp³-hybridized carbons (Fsp3) is 0.273. The number of ether oxygens (including phenoxy) is 2. The highest BCUT2D eigenvalue weighted by molar-refractivity contribution is 5.97. The van der Waals surface area contributed by atoms with Crippen molar-refractivity contribution in [2.75, 3.05) is 7.11 Å². The third-order valence-electron chi connectivity index (χ3n) is 2.39. The van der Waals surface area contributed by atoms with Crippen molar-refractivity contribution in [3.63, 3.8) is 0 Å². The van der Waals surface area contributed by atoms with Crippen molar-refractivity contribution in [3.8, 4) is 5.75 Å². The average Bonchev–Trinajstić information content (AvgIpc) is 2.58. The summed E-state index contributed by atoms with van der Waals surface area (Å²) in [6.45, 7) is 0. The summed E-state index contributed by atoms with van der Waals surface area (Å²) in [6, 6.07) is 7.05. The largest absolute Gasteiger partial charge is 0.497 e. The highest BCUT2D eigenvalue weighted by Gasteiger charge is 2.34. The molecule has 0 saturated carbocycles. The van der Waals surface area contributed by atoms with Crippen molar-refractivity contribution in [2.24, 2.45) is 0 Å². The number of carbonyl (C=O) groups excluding carboxylic acids is 2. The topological polar surface area (TPSA) is 52.6 Å². The Bertz CT molecular complexity index is 394. The van der Waals surface area contributed by atoms with Gasteiger partial charge in [-0.3, -0.25) is 9.59 Å². The molecule has 0 spiro atoms. The lowest BCUT2D eigenvalue weighted by atomic mass is 9.98. The SMILES string of the molecule is COc1ccc([C@@H]2CC(=O)OC2=O)cc1. The Labute approximate surface area is 86.8 Å². The van der Waals surface area contributed by atoms with Crippen LogP contribution in [0.1, 0.15) is 17.9 Å². The first kappa shape index (κ1) is 9.71. The van der Waals surface area contributed by atoms with E-state index in [4.69, 9.17) is 4.74 Å². The number of hydrogen-bond acceptors (Lipinski definition) is 4. The van der Waals surface area contributed by atoms with Crippen LogP contribution in [0.2, 0.25) is 0 Å². The number of benzene rings is 1. The first-order valence-corrected chi connectivity index (χ1v) is 4.59. The van der Waals surface area contributed by atoms with Crippen LogP contribution in [0.5, 0.6) is 5.75 Å². The summed E-state index contributed by atoms with van der Waals surface area (Å²) in [5.41, 5.74) is 0.784. The highest BCUT2D eigenvalue weighted by atomic mass is 16.6. The maximum Gasteiger partial charge on any atom is 0.321 e. The number of cyclic esters (lactones) is 2. The van der Waals surface area contributed by atoms with Crippen molar-refractivity contribution < 1.29 is 19.1 Å². The van der Waals surface area contributed by atoms with Gasteiger partial charge in [0.25, 0.3) is 0 Å². The minimum Gasteiger partial charge on any atom is -0.497 e. The Morgan fingerprint density at radius 2 is 1.93 bits per heavy atom. The van der Waals surface area contributed by atoms with Crippen LogP contribution in [0.3, 0.4) is 0 Å². The van der Waals surface area contributed by atoms with Crippen molar-refractivity contribution in [2.45, 2.75) is 12.3 Å². The van der Waals surface area contributed by atoms with E-state index < -0.39 is 17.9 Å². The van der Waals surface area contributed by atoms with Crippen LogP contribution in [-0.2, 0) is 14.3 Å². The average molecular weight is 206 g/mol. The van der Waals surface area contributed by atoms with Crippen molar-refractivity contribution in [1.82, 2.24) is 0 Å². The smallest absolute Gasteiger partial charge is 0.321 e. The fourth-order valence-electron chi connectivity index (χ4n) is 1.57. The molecule has 1 atom stereocenters. The van der Waals surface area contributed by atoms with E-state index in [2.05, 4.69) is 4.74 Å². The highest BCUT2D eigenvalue weighted by Crippen LogP contribution is 2.28. The lowest BCUT2D eigenvalue weighted by Crippen LogP contribution is -2.05. The van der Waals surface area contributed by atoms with Crippen LogP contribution < -0.4 is 4.74 Å². The summed E-state index contributed by atoms with van der Waals surface area (Å²) in [5, 5.41) is 0. The van der Waals surface area contributed by atoms with Gasteiger partial charge in [-0.05, 0) is 17.7 Å². The van der Waals surface area contributed by atoms with E-state index in [1.54, 1.807) is 31.4 Å². The third kappa shape index (κ3) is 1.83. The van der Waals surface area contributed by atoms with Crippen molar-refractivity contribution in [1.29, 1.82) is 0 Å². The van der Waals surface area contributed by atoms with Gasteiger partial charge in [0.15, 0.2) is 0 Å². The zero-order chi connectivity index (χ0) is 10.8. The van der Waals surface area contributed by atoms with Gasteiger partial charge in [-0.1, -0.05) is 12.1 Å². The zero-order valence-corrected chi connectivity index (χ0v) is 8.23. The van der Waals surface area contributed by atoms with Gasteiger partial charge in [0.05, 0.1) is 19.4 Å². The first-order chi connectivity index (χ1) is 7.20. The van der Waals surface area contributed by atoms with E-state index in [9.17, 15) is 9.59 Å². The molecule has 1 aromatic carbocycles. The second kappa shape index (κ2) is 3.73. The van der Waals surface area contributed by atoms with Crippen LogP contribution in [0.15, 0.2) is 24.3 Å². The number of carbonyl (C=O) groups is 2. The normalized spacial score (nSPS) is 20.2. The van der Waals surface area contributed by atoms with E-state index in [0.717, 1.165) is 11.3 Å². The van der Waals surface area contributed by atoms with Gasteiger partial charge in [0.1, 0.15) is 5.75 Å². The minimum atomic E-state index is -0.467. The number of methoxy groups -OCH3 is 1. The molecule has 0 aromatic heterocycles. The summed E-state index contributed by atoms with van der Waals surface area (Å²) in [7, 11) is 1.57. The molecular weight excluding hydrogens is 196 g/mol. The molecule has 1 heterocycles. The van der Waals surface area contributed by atoms with Gasteiger partial charge in [-0.25, -0.2) is 0 Å². The number of esters is 2. The molecule has 1 saturated heterocycles. The molecule has 1 aliphatic rings. The van der Waals surface area contributed by atoms with Crippen molar-refractivity contribution >= 4 is 11.9 Å². The summed E-state index contributed by atoms with van der Waals surface area (Å²) < 4.78 is 9.47. The molecule has 4 nitrogen and oxygen atoms in total. The quantitative estimate of drug-likeness (QED) is 0.539. The standard InChI is InChI=1S/C11H10O4/c1-14-8-4-2-7(3-5-8)9-6-10(12)15-11(9)13/h2-5,9H,6H2,1H3/t9-/m0/s1. The molecule has 15 heavy (non-hydrogen) atoms. The van der Waals surface area contributed by atoms with Crippen LogP contribution >= 0.6 is 0 Å². The van der Waals surface area contributed by atoms with Crippen LogP contribution in [0.25, 0.3) is 0 Å². The van der Waals surface area contributed by atoms with E-state index in [-0.39, 0.29) is 6.42 Å². The van der Waals surface area contributed by atoms with Gasteiger partial charge in [0.2, 0.25) is 0 Å². The van der Waals surface area contributed by atoms with E-state index in [0.29, 0.717) is 0 Å². The summed E-state index contributed by atoms with van der Waals surface area (Å²) in [6.07, 6.45) is 0.130. The molecule has 0 N–H and O–H groups in total. The Morgan fingerprint density at radius 1 is 1.27 bits per heavy atom. The molecule has 0 aliphatic carbocycles. The molecule has 1 aliphatic heterocycles. The molecule has 0 unspecified atom stereocenters. The predicted molar refractivity (Wildman–Crippen MR) is 51.5 cm³/mol. The van der Waals surface area contributed by atoms with Crippen LogP contribution in [0, 0.1) is 0 Å². The van der Waals surface area contributed by atoms with Gasteiger partial charge in [-0.2, -0.15) is 0 Å². The second-order valence-electron chi connectivity index (χ2n) is 3.32. The lowest BCUT2D eigenvalue weighted by Gasteiger charge is -2.05. The minimum absolute atomic E-state index is 0.130. The van der Waals surface area contributed by atoms with Gasteiger partial charge in [0, 0.05) is 0 Å². The maximum atomic E-state index is 11.3. The predicted octanol–water partition coefficient (Wildman–Crippen LogP) is 1.25. The van der Waals surface area contributed by atoms with E-state index in [1.807, 2.05) is 0 Å². The van der Waals surface area contributed by atoms with Crippen LogP contribution in [-0.4, -0.2) is 19.0 Å². The molecular formula is C11H10O4. The Morgan fingerprint density at radius 3 is 2.40 bits per heavy atom. The Hall–Kier alpha value is -1.84. The third-order valence-corrected chi connectivity index (χ3v) is 2.39. The monoisotopic (exact) mass is 206 g/mol. The molecule has 0 bridgehead atoms. The molecule has 2 rings (SSSR count). The van der Waals surface area contributed by atoms with E-state index >= 15 is 0 Å². The van der Waals surface area contributed by atoms with Crippen LogP contribution in [0.4, 0.5) is 0 Å². The summed E-state index contributed by atoms with van der Waals surface area (Å²) in [5.74, 6) is -0.661. The fourth-order valence-corrected chi connectivity index (χ4v) is 1.57. The first-order valence-electron chi connectivity index (χ1n) is 4.59. The Balaban J connectivity index is 2.22. The number of rotatable bonds is 2. The molecule has 78 valence electrons. The van der Waals surface area contributed by atoms with Gasteiger partial charge in [-0.15, -0.1) is 0 Å². The van der Waals surface area contributed by atoms with Gasteiger partial charge >= 0.3 is 11.9 Å². The maximum absolute atomic E-state index is 11.3. The van der Waals surface area contributed by atoms with Gasteiger partial charge < -0.3 is 9.47 Å². The van der Waals surface area contributed by atoms with Crippen molar-refractivity contribution in [3.05, 3.63) is 29.8 Å². The summed E-state index contributed by atoms with van der Waals surface area (Å²) >= 11 is 0. The second-order valence-corrected chi connectivity index (χ2v) is 3.32. The lowest BCUT2D eigenvalue weighted by molar-refractivity contribution is -0.152. The number of hydrogen-bond donors (Lipinski definition) is 0. The molecule has 0 amide bonds. The molecule has 1 aromatic rings. The molecule has 1 fully saturated rings. The summed E-state index contributed by atoms with van der Waals surface area (Å²) in [4.78, 5) is 22.2. The Kier molecular flexibility index (Phi) is 2.41. The zero-order valence-electron chi connectivity index (χ0n) is 8.23. The molecule has 4 heteroatoms. The molecule has 0 radical (unpaired) electrons.